The van der Waals surface area contributed by atoms with Crippen LogP contribution in [0, 0.1) is 0 Å². The number of fused-ring (bicyclic) bond motifs is 8. The van der Waals surface area contributed by atoms with Crippen LogP contribution >= 0.6 is 0 Å². The Bertz CT molecular complexity index is 1440. The average molecular weight is 607 g/mol. The smallest absolute Gasteiger partial charge is 0.110 e. The van der Waals surface area contributed by atoms with Gasteiger partial charge in [-0.05, 0) is 78.3 Å². The molecule has 4 heteroatoms. The summed E-state index contributed by atoms with van der Waals surface area (Å²) in [7, 11) is 0. The Hall–Kier alpha value is -3.02. The van der Waals surface area contributed by atoms with Crippen LogP contribution in [0.25, 0.3) is 12.2 Å². The van der Waals surface area contributed by atoms with E-state index in [4.69, 9.17) is 18.9 Å². The van der Waals surface area contributed by atoms with Gasteiger partial charge >= 0.3 is 0 Å². The van der Waals surface area contributed by atoms with Crippen LogP contribution in [0.4, 0.5) is 0 Å². The summed E-state index contributed by atoms with van der Waals surface area (Å²) in [6.45, 7) is 9.67. The van der Waals surface area contributed by atoms with Crippen molar-refractivity contribution >= 4 is 12.2 Å². The van der Waals surface area contributed by atoms with Crippen LogP contribution in [0.15, 0.2) is 84.9 Å². The van der Waals surface area contributed by atoms with Crippen LogP contribution in [0.1, 0.15) is 91.9 Å². The molecular formula is C41H50O4. The first-order chi connectivity index (χ1) is 22.2. The Morgan fingerprint density at radius 3 is 2.02 bits per heavy atom. The van der Waals surface area contributed by atoms with Crippen molar-refractivity contribution in [2.24, 2.45) is 0 Å². The third-order valence-corrected chi connectivity index (χ3v) is 10.1. The van der Waals surface area contributed by atoms with E-state index in [9.17, 15) is 0 Å². The molecule has 0 saturated carbocycles. The minimum Gasteiger partial charge on any atom is -0.381 e. The molecule has 0 radical (unpaired) electrons. The summed E-state index contributed by atoms with van der Waals surface area (Å²) < 4.78 is 21.9. The molecule has 2 atom stereocenters. The summed E-state index contributed by atoms with van der Waals surface area (Å²) in [4.78, 5) is 0. The van der Waals surface area contributed by atoms with Crippen molar-refractivity contribution in [1.82, 2.24) is 0 Å². The van der Waals surface area contributed by atoms with E-state index in [2.05, 4.69) is 111 Å². The standard InChI is InChI=1S/C13H14O2.C13H14O.C9H8.C6H14O/c1-2-4-10-9(3-1)11-12(15-11)13(10)5-7-14-8-6-13;1-2-4-12-11(3-1)5-6-13(12)7-9-14-10-8-13;1-2-5-9-7-3-6-8(9)4-1;1-3-5-7-6-4-2/h1-4,11-12H,5-8H2;1-6H,7-10H2;1-6H,7H2;3-6H2,1-2H3. The molecule has 3 saturated heterocycles. The highest BCUT2D eigenvalue weighted by Gasteiger charge is 2.62. The van der Waals surface area contributed by atoms with Crippen LogP contribution in [0.2, 0.25) is 0 Å². The van der Waals surface area contributed by atoms with Crippen LogP contribution in [-0.4, -0.2) is 45.7 Å². The minimum atomic E-state index is 0.291. The van der Waals surface area contributed by atoms with Crippen molar-refractivity contribution in [2.75, 3.05) is 39.6 Å². The molecule has 6 aliphatic rings. The maximum absolute atomic E-state index is 5.82. The van der Waals surface area contributed by atoms with Crippen LogP contribution in [-0.2, 0) is 36.2 Å². The van der Waals surface area contributed by atoms with Crippen LogP contribution in [0.5, 0.6) is 0 Å². The fraction of sp³-hybridized carbons (Fsp3) is 0.463. The molecule has 3 aliphatic heterocycles. The number of hydrogen-bond acceptors (Lipinski definition) is 4. The van der Waals surface area contributed by atoms with Gasteiger partial charge < -0.3 is 18.9 Å². The first kappa shape index (κ1) is 31.9. The molecule has 3 aliphatic carbocycles. The molecule has 238 valence electrons. The van der Waals surface area contributed by atoms with Gasteiger partial charge in [0.05, 0.1) is 6.10 Å². The Kier molecular flexibility index (Phi) is 10.7. The lowest BCUT2D eigenvalue weighted by Crippen LogP contribution is -2.37. The highest BCUT2D eigenvalue weighted by atomic mass is 16.6. The molecule has 3 heterocycles. The van der Waals surface area contributed by atoms with Gasteiger partial charge in [0.15, 0.2) is 0 Å². The number of benzene rings is 3. The van der Waals surface area contributed by atoms with Gasteiger partial charge in [0.1, 0.15) is 6.10 Å². The van der Waals surface area contributed by atoms with Gasteiger partial charge in [-0.25, -0.2) is 0 Å². The van der Waals surface area contributed by atoms with Crippen molar-refractivity contribution in [2.45, 2.75) is 81.8 Å². The van der Waals surface area contributed by atoms with Crippen molar-refractivity contribution < 1.29 is 18.9 Å². The lowest BCUT2D eigenvalue weighted by Gasteiger charge is -2.35. The second-order valence-electron chi connectivity index (χ2n) is 12.9. The zero-order valence-corrected chi connectivity index (χ0v) is 27.2. The molecule has 0 aromatic heterocycles. The summed E-state index contributed by atoms with van der Waals surface area (Å²) in [5.41, 5.74) is 9.31. The fourth-order valence-corrected chi connectivity index (χ4v) is 7.60. The zero-order chi connectivity index (χ0) is 31.0. The van der Waals surface area contributed by atoms with Gasteiger partial charge in [-0.15, -0.1) is 0 Å². The maximum Gasteiger partial charge on any atom is 0.110 e. The average Bonchev–Trinajstić information content (AvgIpc) is 3.54. The third-order valence-electron chi connectivity index (χ3n) is 10.1. The van der Waals surface area contributed by atoms with E-state index >= 15 is 0 Å². The van der Waals surface area contributed by atoms with E-state index in [0.717, 1.165) is 84.6 Å². The molecule has 9 rings (SSSR count). The van der Waals surface area contributed by atoms with Gasteiger partial charge in [-0.3, -0.25) is 0 Å². The molecule has 2 unspecified atom stereocenters. The molecule has 0 amide bonds. The van der Waals surface area contributed by atoms with E-state index in [1.807, 2.05) is 0 Å². The maximum atomic E-state index is 5.82. The summed E-state index contributed by atoms with van der Waals surface area (Å²) in [5, 5.41) is 0. The second-order valence-corrected chi connectivity index (χ2v) is 12.9. The lowest BCUT2D eigenvalue weighted by molar-refractivity contribution is 0.0385. The first-order valence-corrected chi connectivity index (χ1v) is 17.2. The van der Waals surface area contributed by atoms with Gasteiger partial charge in [0.2, 0.25) is 0 Å². The second kappa shape index (κ2) is 15.0. The molecule has 0 bridgehead atoms. The van der Waals surface area contributed by atoms with E-state index < -0.39 is 0 Å². The topological polar surface area (TPSA) is 40.2 Å². The van der Waals surface area contributed by atoms with E-state index in [1.165, 1.54) is 33.4 Å². The Balaban J connectivity index is 0.000000111. The monoisotopic (exact) mass is 606 g/mol. The lowest BCUT2D eigenvalue weighted by atomic mass is 9.74. The van der Waals surface area contributed by atoms with Crippen molar-refractivity contribution in [3.05, 3.63) is 118 Å². The number of ether oxygens (including phenoxy) is 4. The zero-order valence-electron chi connectivity index (χ0n) is 27.2. The highest BCUT2D eigenvalue weighted by Crippen LogP contribution is 2.62. The quantitative estimate of drug-likeness (QED) is 0.220. The Morgan fingerprint density at radius 1 is 0.689 bits per heavy atom. The predicted molar refractivity (Wildman–Crippen MR) is 184 cm³/mol. The number of rotatable bonds is 4. The van der Waals surface area contributed by atoms with Crippen molar-refractivity contribution in [3.8, 4) is 0 Å². The first-order valence-electron chi connectivity index (χ1n) is 17.2. The van der Waals surface area contributed by atoms with E-state index in [-0.39, 0.29) is 0 Å². The van der Waals surface area contributed by atoms with Crippen LogP contribution in [0.3, 0.4) is 0 Å². The normalized spacial score (nSPS) is 22.9. The fourth-order valence-electron chi connectivity index (χ4n) is 7.60. The SMILES string of the molecule is C1=CC2(CCOCC2)c2ccccc21.C1=Cc2ccccc2C1.CCCOCCC.c1ccc2c(c1)C1OC1C21CCOCC1. The molecule has 4 nitrogen and oxygen atoms in total. The number of hydrogen-bond donors (Lipinski definition) is 0. The van der Waals surface area contributed by atoms with Gasteiger partial charge in [0, 0.05) is 50.5 Å². The highest BCUT2D eigenvalue weighted by molar-refractivity contribution is 5.65. The summed E-state index contributed by atoms with van der Waals surface area (Å²) in [6.07, 6.45) is 17.8. The molecule has 3 aromatic carbocycles. The largest absolute Gasteiger partial charge is 0.381 e. The third kappa shape index (κ3) is 7.05. The van der Waals surface area contributed by atoms with E-state index in [1.54, 1.807) is 0 Å². The van der Waals surface area contributed by atoms with Crippen molar-refractivity contribution in [1.29, 1.82) is 0 Å². The molecule has 0 N–H and O–H groups in total. The summed E-state index contributed by atoms with van der Waals surface area (Å²) >= 11 is 0. The predicted octanol–water partition coefficient (Wildman–Crippen LogP) is 9.03. The number of allylic oxidation sites excluding steroid dienone is 2. The minimum absolute atomic E-state index is 0.291. The molecule has 2 spiro atoms. The molecule has 3 fully saturated rings. The van der Waals surface area contributed by atoms with Crippen molar-refractivity contribution in [3.63, 3.8) is 0 Å². The number of epoxide rings is 1. The van der Waals surface area contributed by atoms with Gasteiger partial charge in [-0.2, -0.15) is 0 Å². The molecule has 45 heavy (non-hydrogen) atoms. The molecular weight excluding hydrogens is 556 g/mol. The summed E-state index contributed by atoms with van der Waals surface area (Å²) in [5.74, 6) is 0. The Morgan fingerprint density at radius 2 is 1.31 bits per heavy atom. The van der Waals surface area contributed by atoms with Gasteiger partial charge in [-0.1, -0.05) is 111 Å². The summed E-state index contributed by atoms with van der Waals surface area (Å²) in [6, 6.07) is 26.0. The van der Waals surface area contributed by atoms with Gasteiger partial charge in [0.25, 0.3) is 0 Å². The Labute approximate surface area is 270 Å². The molecule has 3 aromatic rings. The van der Waals surface area contributed by atoms with Crippen LogP contribution < -0.4 is 0 Å². The van der Waals surface area contributed by atoms with E-state index in [0.29, 0.717) is 23.0 Å².